The van der Waals surface area contributed by atoms with Gasteiger partial charge in [-0.2, -0.15) is 0 Å². The molecular weight excluding hydrogens is 188 g/mol. The van der Waals surface area contributed by atoms with E-state index in [-0.39, 0.29) is 0 Å². The first kappa shape index (κ1) is 10.1. The monoisotopic (exact) mass is 204 g/mol. The highest BCUT2D eigenvalue weighted by Crippen LogP contribution is 2.09. The Morgan fingerprint density at radius 3 is 2.67 bits per heavy atom. The van der Waals surface area contributed by atoms with Crippen LogP contribution in [0.15, 0.2) is 24.3 Å². The molecule has 0 aliphatic heterocycles. The number of rotatable bonds is 4. The summed E-state index contributed by atoms with van der Waals surface area (Å²) in [6, 6.07) is 8.04. The maximum Gasteiger partial charge on any atom is 0.113 e. The van der Waals surface area contributed by atoms with Crippen LogP contribution in [-0.4, -0.2) is 33.0 Å². The summed E-state index contributed by atoms with van der Waals surface area (Å²) < 4.78 is 1.95. The van der Waals surface area contributed by atoms with E-state index >= 15 is 0 Å². The molecule has 1 heterocycles. The molecule has 0 saturated carbocycles. The van der Waals surface area contributed by atoms with Crippen LogP contribution >= 0.6 is 0 Å². The Labute approximate surface area is 89.5 Å². The SMILES string of the molecule is CCN(CC)Cn1nnc2ccccc21. The fourth-order valence-corrected chi connectivity index (χ4v) is 1.63. The molecule has 0 spiro atoms. The lowest BCUT2D eigenvalue weighted by Crippen LogP contribution is -2.26. The second-order valence-electron chi connectivity index (χ2n) is 3.52. The Balaban J connectivity index is 2.28. The maximum absolute atomic E-state index is 4.16. The normalized spacial score (nSPS) is 11.4. The van der Waals surface area contributed by atoms with Crippen molar-refractivity contribution in [2.45, 2.75) is 20.5 Å². The van der Waals surface area contributed by atoms with Crippen LogP contribution in [0.2, 0.25) is 0 Å². The third-order valence-corrected chi connectivity index (χ3v) is 2.65. The second-order valence-corrected chi connectivity index (χ2v) is 3.52. The summed E-state index contributed by atoms with van der Waals surface area (Å²) in [5, 5.41) is 8.28. The van der Waals surface area contributed by atoms with Crippen molar-refractivity contribution >= 4 is 11.0 Å². The minimum atomic E-state index is 0.813. The Hall–Kier alpha value is -1.42. The summed E-state index contributed by atoms with van der Waals surface area (Å²) in [4.78, 5) is 2.31. The highest BCUT2D eigenvalue weighted by Gasteiger charge is 2.05. The lowest BCUT2D eigenvalue weighted by molar-refractivity contribution is 0.231. The minimum absolute atomic E-state index is 0.813. The molecule has 0 fully saturated rings. The smallest absolute Gasteiger partial charge is 0.113 e. The quantitative estimate of drug-likeness (QED) is 0.760. The lowest BCUT2D eigenvalue weighted by Gasteiger charge is -2.17. The number of aromatic nitrogens is 3. The van der Waals surface area contributed by atoms with E-state index in [1.807, 2.05) is 22.9 Å². The van der Waals surface area contributed by atoms with Gasteiger partial charge in [0.2, 0.25) is 0 Å². The Morgan fingerprint density at radius 1 is 1.20 bits per heavy atom. The number of para-hydroxylation sites is 1. The average molecular weight is 204 g/mol. The Morgan fingerprint density at radius 2 is 1.93 bits per heavy atom. The molecule has 80 valence electrons. The predicted molar refractivity (Wildman–Crippen MR) is 60.4 cm³/mol. The van der Waals surface area contributed by atoms with E-state index in [1.165, 1.54) is 0 Å². The van der Waals surface area contributed by atoms with E-state index in [1.54, 1.807) is 0 Å². The Bertz CT molecular complexity index is 431. The van der Waals surface area contributed by atoms with E-state index in [4.69, 9.17) is 0 Å². The van der Waals surface area contributed by atoms with E-state index in [0.29, 0.717) is 0 Å². The summed E-state index contributed by atoms with van der Waals surface area (Å²) in [5.74, 6) is 0. The van der Waals surface area contributed by atoms with E-state index < -0.39 is 0 Å². The van der Waals surface area contributed by atoms with Crippen LogP contribution in [-0.2, 0) is 6.67 Å². The highest BCUT2D eigenvalue weighted by molar-refractivity contribution is 5.73. The first-order chi connectivity index (χ1) is 7.35. The Kier molecular flexibility index (Phi) is 2.97. The zero-order chi connectivity index (χ0) is 10.7. The summed E-state index contributed by atoms with van der Waals surface area (Å²) in [6.45, 7) is 7.19. The van der Waals surface area contributed by atoms with Crippen LogP contribution in [0.1, 0.15) is 13.8 Å². The molecule has 1 aromatic heterocycles. The van der Waals surface area contributed by atoms with Crippen molar-refractivity contribution in [3.63, 3.8) is 0 Å². The van der Waals surface area contributed by atoms with E-state index in [2.05, 4.69) is 35.1 Å². The van der Waals surface area contributed by atoms with Crippen molar-refractivity contribution in [2.75, 3.05) is 13.1 Å². The van der Waals surface area contributed by atoms with Gasteiger partial charge in [-0.25, -0.2) is 4.68 Å². The van der Waals surface area contributed by atoms with Gasteiger partial charge < -0.3 is 0 Å². The molecule has 4 heteroatoms. The molecule has 1 aromatic carbocycles. The van der Waals surface area contributed by atoms with Gasteiger partial charge in [0.1, 0.15) is 5.52 Å². The molecule has 2 rings (SSSR count). The van der Waals surface area contributed by atoms with Crippen LogP contribution < -0.4 is 0 Å². The largest absolute Gasteiger partial charge is 0.285 e. The van der Waals surface area contributed by atoms with Gasteiger partial charge in [0.25, 0.3) is 0 Å². The van der Waals surface area contributed by atoms with Crippen LogP contribution in [0.4, 0.5) is 0 Å². The summed E-state index contributed by atoms with van der Waals surface area (Å²) in [5.41, 5.74) is 2.06. The molecule has 0 saturated heterocycles. The zero-order valence-electron chi connectivity index (χ0n) is 9.22. The number of nitrogens with zero attached hydrogens (tertiary/aromatic N) is 4. The second kappa shape index (κ2) is 4.40. The molecule has 0 bridgehead atoms. The molecule has 15 heavy (non-hydrogen) atoms. The van der Waals surface area contributed by atoms with Gasteiger partial charge in [0, 0.05) is 0 Å². The maximum atomic E-state index is 4.16. The fourth-order valence-electron chi connectivity index (χ4n) is 1.63. The van der Waals surface area contributed by atoms with Crippen LogP contribution in [0.25, 0.3) is 11.0 Å². The number of hydrogen-bond donors (Lipinski definition) is 0. The third kappa shape index (κ3) is 1.99. The van der Waals surface area contributed by atoms with Gasteiger partial charge in [0.15, 0.2) is 0 Å². The molecule has 0 amide bonds. The highest BCUT2D eigenvalue weighted by atomic mass is 15.5. The van der Waals surface area contributed by atoms with Crippen LogP contribution in [0.3, 0.4) is 0 Å². The minimum Gasteiger partial charge on any atom is -0.285 e. The van der Waals surface area contributed by atoms with Gasteiger partial charge in [-0.15, -0.1) is 5.10 Å². The van der Waals surface area contributed by atoms with Crippen molar-refractivity contribution in [1.29, 1.82) is 0 Å². The molecule has 0 N–H and O–H groups in total. The summed E-state index contributed by atoms with van der Waals surface area (Å²) in [6.07, 6.45) is 0. The summed E-state index contributed by atoms with van der Waals surface area (Å²) >= 11 is 0. The molecule has 0 atom stereocenters. The molecule has 0 radical (unpaired) electrons. The molecule has 4 nitrogen and oxygen atoms in total. The van der Waals surface area contributed by atoms with Crippen molar-refractivity contribution in [3.05, 3.63) is 24.3 Å². The van der Waals surface area contributed by atoms with Crippen molar-refractivity contribution in [3.8, 4) is 0 Å². The van der Waals surface area contributed by atoms with Crippen molar-refractivity contribution < 1.29 is 0 Å². The molecule has 2 aromatic rings. The van der Waals surface area contributed by atoms with Crippen molar-refractivity contribution in [1.82, 2.24) is 19.9 Å². The van der Waals surface area contributed by atoms with Crippen LogP contribution in [0.5, 0.6) is 0 Å². The zero-order valence-corrected chi connectivity index (χ0v) is 9.22. The lowest BCUT2D eigenvalue weighted by atomic mass is 10.3. The molecular formula is C11H16N4. The first-order valence-corrected chi connectivity index (χ1v) is 5.35. The topological polar surface area (TPSA) is 34.0 Å². The van der Waals surface area contributed by atoms with Gasteiger partial charge >= 0.3 is 0 Å². The average Bonchev–Trinajstić information content (AvgIpc) is 2.69. The fraction of sp³-hybridized carbons (Fsp3) is 0.455. The van der Waals surface area contributed by atoms with Gasteiger partial charge in [-0.05, 0) is 25.2 Å². The number of benzene rings is 1. The molecule has 0 aliphatic rings. The molecule has 0 aliphatic carbocycles. The van der Waals surface area contributed by atoms with Gasteiger partial charge in [0.05, 0.1) is 12.2 Å². The first-order valence-electron chi connectivity index (χ1n) is 5.35. The van der Waals surface area contributed by atoms with E-state index in [0.717, 1.165) is 30.8 Å². The number of hydrogen-bond acceptors (Lipinski definition) is 3. The van der Waals surface area contributed by atoms with E-state index in [9.17, 15) is 0 Å². The molecule has 0 unspecified atom stereocenters. The van der Waals surface area contributed by atoms with Gasteiger partial charge in [-0.1, -0.05) is 31.2 Å². The number of fused-ring (bicyclic) bond motifs is 1. The third-order valence-electron chi connectivity index (χ3n) is 2.65. The summed E-state index contributed by atoms with van der Waals surface area (Å²) in [7, 11) is 0. The van der Waals surface area contributed by atoms with Crippen LogP contribution in [0, 0.1) is 0 Å². The van der Waals surface area contributed by atoms with Crippen molar-refractivity contribution in [2.24, 2.45) is 0 Å². The predicted octanol–water partition coefficient (Wildman–Crippen LogP) is 1.73. The van der Waals surface area contributed by atoms with Gasteiger partial charge in [-0.3, -0.25) is 4.90 Å². The standard InChI is InChI=1S/C11H16N4/c1-3-14(4-2)9-15-11-8-6-5-7-10(11)12-13-15/h5-8H,3-4,9H2,1-2H3.